The van der Waals surface area contributed by atoms with Crippen LogP contribution in [0.1, 0.15) is 0 Å². The molecule has 0 aromatic heterocycles. The van der Waals surface area contributed by atoms with Gasteiger partial charge in [0.15, 0.2) is 11.5 Å². The molecule has 1 rings (SSSR count). The number of ether oxygens (including phenoxy) is 2. The van der Waals surface area contributed by atoms with Crippen molar-refractivity contribution in [2.45, 2.75) is 0 Å². The maximum Gasteiger partial charge on any atom is 0.409 e. The lowest BCUT2D eigenvalue weighted by atomic mass is 10.3. The van der Waals surface area contributed by atoms with Crippen LogP contribution in [-0.4, -0.2) is 12.5 Å². The summed E-state index contributed by atoms with van der Waals surface area (Å²) in [5.74, 6) is -0.274. The van der Waals surface area contributed by atoms with Crippen LogP contribution in [0.15, 0.2) is 18.2 Å². The van der Waals surface area contributed by atoms with Gasteiger partial charge in [0.05, 0.1) is 7.11 Å². The first kappa shape index (κ1) is 9.80. The molecule has 0 unspecified atom stereocenters. The number of carbonyl (C=O) groups is 1. The highest BCUT2D eigenvalue weighted by Crippen LogP contribution is 2.27. The predicted molar refractivity (Wildman–Crippen MR) is 44.8 cm³/mol. The van der Waals surface area contributed by atoms with Gasteiger partial charge in [0.2, 0.25) is 0 Å². The van der Waals surface area contributed by atoms with E-state index in [0.29, 0.717) is 0 Å². The van der Waals surface area contributed by atoms with Crippen molar-refractivity contribution in [3.8, 4) is 11.5 Å². The van der Waals surface area contributed by atoms with Gasteiger partial charge in [-0.05, 0) is 12.1 Å². The van der Waals surface area contributed by atoms with Crippen molar-refractivity contribution >= 4 is 17.0 Å². The second-order valence-corrected chi connectivity index (χ2v) is 2.44. The highest BCUT2D eigenvalue weighted by Gasteiger charge is 2.08. The zero-order valence-corrected chi connectivity index (χ0v) is 7.47. The van der Waals surface area contributed by atoms with Gasteiger partial charge in [0, 0.05) is 17.7 Å². The smallest absolute Gasteiger partial charge is 0.409 e. The van der Waals surface area contributed by atoms with Crippen LogP contribution in [0.25, 0.3) is 0 Å². The van der Waals surface area contributed by atoms with Crippen LogP contribution in [0, 0.1) is 5.82 Å². The largest absolute Gasteiger partial charge is 0.493 e. The number of benzene rings is 1. The molecule has 3 nitrogen and oxygen atoms in total. The number of methoxy groups -OCH3 is 1. The van der Waals surface area contributed by atoms with E-state index in [4.69, 9.17) is 16.3 Å². The van der Waals surface area contributed by atoms with Crippen LogP contribution >= 0.6 is 11.6 Å². The van der Waals surface area contributed by atoms with E-state index in [1.807, 2.05) is 0 Å². The fourth-order valence-electron chi connectivity index (χ4n) is 0.812. The molecule has 1 aromatic carbocycles. The van der Waals surface area contributed by atoms with E-state index in [1.54, 1.807) is 0 Å². The summed E-state index contributed by atoms with van der Waals surface area (Å²) in [5.41, 5.74) is -0.995. The molecule has 0 amide bonds. The second-order valence-electron chi connectivity index (χ2n) is 2.13. The Labute approximate surface area is 79.0 Å². The molecule has 0 aliphatic rings. The maximum atomic E-state index is 12.6. The Morgan fingerprint density at radius 3 is 2.69 bits per heavy atom. The van der Waals surface area contributed by atoms with Gasteiger partial charge in [0.25, 0.3) is 0 Å². The van der Waals surface area contributed by atoms with Gasteiger partial charge in [-0.3, -0.25) is 0 Å². The fraction of sp³-hybridized carbons (Fsp3) is 0.125. The summed E-state index contributed by atoms with van der Waals surface area (Å²) in [7, 11) is 1.33. The molecule has 0 spiro atoms. The predicted octanol–water partition coefficient (Wildman–Crippen LogP) is 2.57. The molecule has 0 saturated carbocycles. The topological polar surface area (TPSA) is 35.5 Å². The van der Waals surface area contributed by atoms with Gasteiger partial charge < -0.3 is 9.47 Å². The summed E-state index contributed by atoms with van der Waals surface area (Å²) in [6, 6.07) is 3.49. The standard InChI is InChI=1S/C8H6ClFO3/c1-12-7-4-5(10)2-3-6(7)13-8(9)11/h2-4H,1H3. The Morgan fingerprint density at radius 1 is 1.46 bits per heavy atom. The Bertz CT molecular complexity index is 327. The van der Waals surface area contributed by atoms with Crippen LogP contribution in [0.3, 0.4) is 0 Å². The summed E-state index contributed by atoms with van der Waals surface area (Å²) >= 11 is 4.97. The minimum atomic E-state index is -0.995. The monoisotopic (exact) mass is 204 g/mol. The van der Waals surface area contributed by atoms with Crippen LogP contribution in [0.4, 0.5) is 9.18 Å². The molecule has 0 atom stereocenters. The molecule has 13 heavy (non-hydrogen) atoms. The molecule has 0 fully saturated rings. The van der Waals surface area contributed by atoms with E-state index < -0.39 is 11.2 Å². The molecule has 0 N–H and O–H groups in total. The van der Waals surface area contributed by atoms with Gasteiger partial charge in [-0.15, -0.1) is 0 Å². The molecule has 5 heteroatoms. The van der Waals surface area contributed by atoms with Crippen molar-refractivity contribution in [3.63, 3.8) is 0 Å². The fourth-order valence-corrected chi connectivity index (χ4v) is 0.895. The van der Waals surface area contributed by atoms with E-state index in [0.717, 1.165) is 12.1 Å². The van der Waals surface area contributed by atoms with Crippen molar-refractivity contribution in [2.75, 3.05) is 7.11 Å². The number of rotatable bonds is 2. The third-order valence-corrected chi connectivity index (χ3v) is 1.39. The van der Waals surface area contributed by atoms with Crippen molar-refractivity contribution in [1.82, 2.24) is 0 Å². The van der Waals surface area contributed by atoms with Crippen molar-refractivity contribution in [2.24, 2.45) is 0 Å². The number of carbonyl (C=O) groups excluding carboxylic acids is 1. The summed E-state index contributed by atoms with van der Waals surface area (Å²) < 4.78 is 21.9. The Morgan fingerprint density at radius 2 is 2.15 bits per heavy atom. The Kier molecular flexibility index (Phi) is 3.08. The number of hydrogen-bond donors (Lipinski definition) is 0. The van der Waals surface area contributed by atoms with Gasteiger partial charge >= 0.3 is 5.43 Å². The molecule has 0 heterocycles. The Balaban J connectivity index is 2.99. The Hall–Kier alpha value is -1.29. The average molecular weight is 205 g/mol. The maximum absolute atomic E-state index is 12.6. The molecule has 0 saturated heterocycles. The molecular weight excluding hydrogens is 199 g/mol. The first-order chi connectivity index (χ1) is 6.13. The average Bonchev–Trinajstić information content (AvgIpc) is 2.07. The lowest BCUT2D eigenvalue weighted by Gasteiger charge is -2.05. The molecule has 0 radical (unpaired) electrons. The molecule has 1 aromatic rings. The zero-order chi connectivity index (χ0) is 9.84. The summed E-state index contributed by atoms with van der Waals surface area (Å²) in [6.07, 6.45) is 0. The minimum Gasteiger partial charge on any atom is -0.493 e. The highest BCUT2D eigenvalue weighted by molar-refractivity contribution is 6.61. The highest BCUT2D eigenvalue weighted by atomic mass is 35.5. The van der Waals surface area contributed by atoms with Crippen molar-refractivity contribution < 1.29 is 18.7 Å². The van der Waals surface area contributed by atoms with Gasteiger partial charge in [0.1, 0.15) is 5.82 Å². The van der Waals surface area contributed by atoms with E-state index in [2.05, 4.69) is 4.74 Å². The number of hydrogen-bond acceptors (Lipinski definition) is 3. The zero-order valence-electron chi connectivity index (χ0n) is 6.71. The van der Waals surface area contributed by atoms with Gasteiger partial charge in [-0.1, -0.05) is 0 Å². The van der Waals surface area contributed by atoms with Crippen molar-refractivity contribution in [3.05, 3.63) is 24.0 Å². The van der Waals surface area contributed by atoms with E-state index >= 15 is 0 Å². The minimum absolute atomic E-state index is 0.0869. The van der Waals surface area contributed by atoms with Crippen LogP contribution < -0.4 is 9.47 Å². The lowest BCUT2D eigenvalue weighted by molar-refractivity contribution is 0.223. The normalized spacial score (nSPS) is 9.46. The third kappa shape index (κ3) is 2.59. The number of halogens is 2. The van der Waals surface area contributed by atoms with Gasteiger partial charge in [-0.25, -0.2) is 9.18 Å². The van der Waals surface area contributed by atoms with Crippen LogP contribution in [0.2, 0.25) is 0 Å². The van der Waals surface area contributed by atoms with Crippen LogP contribution in [0.5, 0.6) is 11.5 Å². The third-order valence-electron chi connectivity index (χ3n) is 1.32. The summed E-state index contributed by atoms with van der Waals surface area (Å²) in [6.45, 7) is 0. The molecular formula is C8H6ClFO3. The van der Waals surface area contributed by atoms with Crippen molar-refractivity contribution in [1.29, 1.82) is 0 Å². The van der Waals surface area contributed by atoms with E-state index in [-0.39, 0.29) is 11.5 Å². The lowest BCUT2D eigenvalue weighted by Crippen LogP contribution is -1.98. The first-order valence-electron chi connectivity index (χ1n) is 3.34. The quantitative estimate of drug-likeness (QED) is 0.695. The second kappa shape index (κ2) is 4.09. The summed E-state index contributed by atoms with van der Waals surface area (Å²) in [4.78, 5) is 10.4. The molecule has 0 aliphatic heterocycles. The molecule has 0 aliphatic carbocycles. The van der Waals surface area contributed by atoms with Gasteiger partial charge in [-0.2, -0.15) is 0 Å². The van der Waals surface area contributed by atoms with Crippen LogP contribution in [-0.2, 0) is 0 Å². The van der Waals surface area contributed by atoms with E-state index in [1.165, 1.54) is 13.2 Å². The first-order valence-corrected chi connectivity index (χ1v) is 3.72. The molecule has 70 valence electrons. The molecule has 0 bridgehead atoms. The van der Waals surface area contributed by atoms with E-state index in [9.17, 15) is 9.18 Å². The summed E-state index contributed by atoms with van der Waals surface area (Å²) in [5, 5.41) is 0. The SMILES string of the molecule is COc1cc(F)ccc1OC(=O)Cl.